The fourth-order valence-corrected chi connectivity index (χ4v) is 0.612. The maximum absolute atomic E-state index is 10.5. The Morgan fingerprint density at radius 2 is 2.00 bits per heavy atom. The molecule has 6 nitrogen and oxygen atoms in total. The molecule has 1 aromatic heterocycles. The Labute approximate surface area is 98.6 Å². The van der Waals surface area contributed by atoms with Crippen LogP contribution < -0.4 is 14.8 Å². The molecule has 0 unspecified atom stereocenters. The minimum absolute atomic E-state index is 0.308. The first-order valence-electron chi connectivity index (χ1n) is 4.32. The van der Waals surface area contributed by atoms with Gasteiger partial charge >= 0.3 is 12.1 Å². The van der Waals surface area contributed by atoms with Crippen LogP contribution >= 0.6 is 0 Å². The SMILES string of the molecule is O=C(O)COc1ccc[nH+]c1.O=C([O-])C(F)(F)F. The highest BCUT2D eigenvalue weighted by Crippen LogP contribution is 2.11. The van der Waals surface area contributed by atoms with Gasteiger partial charge in [0, 0.05) is 6.07 Å². The number of aliphatic carboxylic acids is 2. The highest BCUT2D eigenvalue weighted by Gasteiger charge is 2.28. The quantitative estimate of drug-likeness (QED) is 0.777. The van der Waals surface area contributed by atoms with Gasteiger partial charge in [-0.05, 0) is 6.07 Å². The number of hydrogen-bond acceptors (Lipinski definition) is 4. The van der Waals surface area contributed by atoms with Crippen molar-refractivity contribution >= 4 is 11.9 Å². The van der Waals surface area contributed by atoms with Crippen molar-refractivity contribution in [3.8, 4) is 5.75 Å². The molecule has 2 N–H and O–H groups in total. The zero-order valence-electron chi connectivity index (χ0n) is 8.73. The van der Waals surface area contributed by atoms with Crippen LogP contribution in [-0.4, -0.2) is 29.8 Å². The van der Waals surface area contributed by atoms with E-state index in [1.807, 2.05) is 0 Å². The zero-order chi connectivity index (χ0) is 14.2. The molecule has 0 aliphatic heterocycles. The van der Waals surface area contributed by atoms with Crippen molar-refractivity contribution in [2.24, 2.45) is 0 Å². The van der Waals surface area contributed by atoms with Gasteiger partial charge in [-0.25, -0.2) is 9.78 Å². The topological polar surface area (TPSA) is 101 Å². The summed E-state index contributed by atoms with van der Waals surface area (Å²) in [5.41, 5.74) is 0. The molecule has 0 saturated carbocycles. The summed E-state index contributed by atoms with van der Waals surface area (Å²) >= 11 is 0. The van der Waals surface area contributed by atoms with E-state index >= 15 is 0 Å². The van der Waals surface area contributed by atoms with Gasteiger partial charge in [-0.1, -0.05) is 0 Å². The van der Waals surface area contributed by atoms with E-state index in [0.29, 0.717) is 5.75 Å². The van der Waals surface area contributed by atoms with Gasteiger partial charge in [0.15, 0.2) is 18.6 Å². The van der Waals surface area contributed by atoms with E-state index < -0.39 is 18.1 Å². The summed E-state index contributed by atoms with van der Waals surface area (Å²) in [5, 5.41) is 17.0. The Kier molecular flexibility index (Phi) is 6.18. The second-order valence-corrected chi connectivity index (χ2v) is 2.71. The molecule has 0 saturated heterocycles. The van der Waals surface area contributed by atoms with E-state index in [9.17, 15) is 18.0 Å². The first-order valence-corrected chi connectivity index (χ1v) is 4.32. The van der Waals surface area contributed by atoms with Crippen molar-refractivity contribution < 1.29 is 42.7 Å². The molecule has 0 aliphatic rings. The van der Waals surface area contributed by atoms with E-state index in [2.05, 4.69) is 4.98 Å². The van der Waals surface area contributed by atoms with Gasteiger partial charge in [0.25, 0.3) is 0 Å². The van der Waals surface area contributed by atoms with Crippen molar-refractivity contribution in [2.75, 3.05) is 6.61 Å². The predicted molar refractivity (Wildman–Crippen MR) is 47.2 cm³/mol. The standard InChI is InChI=1S/C7H7NO3.C2HF3O2/c9-7(10)5-11-6-2-1-3-8-4-6;3-2(4,5)1(6)7/h1-4H,5H2,(H,9,10);(H,6,7). The van der Waals surface area contributed by atoms with Gasteiger partial charge in [0.05, 0.1) is 0 Å². The molecule has 0 bridgehead atoms. The Bertz CT molecular complexity index is 393. The lowest BCUT2D eigenvalue weighted by molar-refractivity contribution is -0.379. The molecule has 0 atom stereocenters. The van der Waals surface area contributed by atoms with E-state index in [1.165, 1.54) is 0 Å². The number of aromatic nitrogens is 1. The lowest BCUT2D eigenvalue weighted by atomic mass is 10.5. The molecule has 1 rings (SSSR count). The maximum atomic E-state index is 10.5. The number of H-pyrrole nitrogens is 1. The first-order chi connectivity index (χ1) is 8.23. The van der Waals surface area contributed by atoms with Crippen LogP contribution in [0.4, 0.5) is 13.2 Å². The average molecular weight is 267 g/mol. The van der Waals surface area contributed by atoms with Crippen LogP contribution in [0.5, 0.6) is 5.75 Å². The molecule has 0 amide bonds. The van der Waals surface area contributed by atoms with Crippen LogP contribution in [0.25, 0.3) is 0 Å². The molecule has 1 aromatic rings. The third-order valence-corrected chi connectivity index (χ3v) is 1.27. The van der Waals surface area contributed by atoms with Gasteiger partial charge in [0.1, 0.15) is 5.97 Å². The second-order valence-electron chi connectivity index (χ2n) is 2.71. The molecule has 0 radical (unpaired) electrons. The maximum Gasteiger partial charge on any atom is 0.430 e. The summed E-state index contributed by atoms with van der Waals surface area (Å²) in [5.74, 6) is -3.46. The molecule has 0 spiro atoms. The highest BCUT2D eigenvalue weighted by molar-refractivity contribution is 5.70. The number of carbonyl (C=O) groups excluding carboxylic acids is 1. The fraction of sp³-hybridized carbons (Fsp3) is 0.222. The molecule has 0 fully saturated rings. The van der Waals surface area contributed by atoms with E-state index in [0.717, 1.165) is 0 Å². The number of aromatic amines is 1. The largest absolute Gasteiger partial charge is 0.542 e. The normalized spacial score (nSPS) is 9.94. The second kappa shape index (κ2) is 7.09. The molecule has 1 heterocycles. The smallest absolute Gasteiger partial charge is 0.430 e. The predicted octanol–water partition coefficient (Wildman–Crippen LogP) is -0.737. The average Bonchev–Trinajstić information content (AvgIpc) is 2.27. The number of rotatable bonds is 3. The first kappa shape index (κ1) is 15.7. The van der Waals surface area contributed by atoms with Crippen molar-refractivity contribution in [1.82, 2.24) is 0 Å². The Morgan fingerprint density at radius 1 is 1.44 bits per heavy atom. The molecule has 0 aliphatic carbocycles. The summed E-state index contributed by atoms with van der Waals surface area (Å²) in [6, 6.07) is 3.41. The lowest BCUT2D eigenvalue weighted by Crippen LogP contribution is -2.37. The van der Waals surface area contributed by atoms with Gasteiger partial charge in [-0.3, -0.25) is 0 Å². The molecular weight excluding hydrogens is 259 g/mol. The van der Waals surface area contributed by atoms with E-state index in [4.69, 9.17) is 19.7 Å². The van der Waals surface area contributed by atoms with Crippen LogP contribution in [0, 0.1) is 0 Å². The number of pyridine rings is 1. The van der Waals surface area contributed by atoms with Crippen LogP contribution in [0.3, 0.4) is 0 Å². The van der Waals surface area contributed by atoms with Crippen molar-refractivity contribution in [3.63, 3.8) is 0 Å². The van der Waals surface area contributed by atoms with Crippen LogP contribution in [0.2, 0.25) is 0 Å². The molecular formula is C9H8F3NO5. The van der Waals surface area contributed by atoms with Crippen LogP contribution in [-0.2, 0) is 9.59 Å². The van der Waals surface area contributed by atoms with Gasteiger partial charge < -0.3 is 19.7 Å². The van der Waals surface area contributed by atoms with Crippen molar-refractivity contribution in [3.05, 3.63) is 24.5 Å². The van der Waals surface area contributed by atoms with E-state index in [1.54, 1.807) is 24.5 Å². The van der Waals surface area contributed by atoms with Crippen molar-refractivity contribution in [1.29, 1.82) is 0 Å². The van der Waals surface area contributed by atoms with Gasteiger partial charge in [0.2, 0.25) is 6.20 Å². The Hall–Kier alpha value is -2.32. The minimum Gasteiger partial charge on any atom is -0.542 e. The third-order valence-electron chi connectivity index (χ3n) is 1.27. The van der Waals surface area contributed by atoms with Crippen molar-refractivity contribution in [2.45, 2.75) is 6.18 Å². The lowest BCUT2D eigenvalue weighted by Gasteiger charge is -2.03. The molecule has 0 aromatic carbocycles. The zero-order valence-corrected chi connectivity index (χ0v) is 8.73. The number of nitrogens with one attached hydrogen (secondary N) is 1. The summed E-state index contributed by atoms with van der Waals surface area (Å²) < 4.78 is 36.4. The molecule has 100 valence electrons. The molecule has 9 heteroatoms. The summed E-state index contributed by atoms with van der Waals surface area (Å²) in [6.07, 6.45) is -1.89. The Morgan fingerprint density at radius 3 is 2.33 bits per heavy atom. The minimum atomic E-state index is -5.19. The van der Waals surface area contributed by atoms with Gasteiger partial charge in [-0.2, -0.15) is 13.2 Å². The monoisotopic (exact) mass is 267 g/mol. The number of halogens is 3. The van der Waals surface area contributed by atoms with E-state index in [-0.39, 0.29) is 6.61 Å². The number of hydrogen-bond donors (Lipinski definition) is 1. The summed E-state index contributed by atoms with van der Waals surface area (Å²) in [4.78, 5) is 21.6. The van der Waals surface area contributed by atoms with Crippen LogP contribution in [0.15, 0.2) is 24.5 Å². The highest BCUT2D eigenvalue weighted by atomic mass is 19.4. The van der Waals surface area contributed by atoms with Crippen LogP contribution in [0.1, 0.15) is 0 Å². The third kappa shape index (κ3) is 7.91. The fourth-order valence-electron chi connectivity index (χ4n) is 0.612. The number of carboxylic acid groups (broad SMARTS) is 2. The molecule has 18 heavy (non-hydrogen) atoms. The summed E-state index contributed by atoms with van der Waals surface area (Å²) in [6.45, 7) is -0.308. The number of ether oxygens (including phenoxy) is 1. The number of alkyl halides is 3. The number of carboxylic acids is 2. The summed E-state index contributed by atoms with van der Waals surface area (Å²) in [7, 11) is 0. The Balaban J connectivity index is 0.000000360. The number of carbonyl (C=O) groups is 2. The van der Waals surface area contributed by atoms with Gasteiger partial charge in [-0.15, -0.1) is 0 Å².